The van der Waals surface area contributed by atoms with Crippen LogP contribution in [-0.4, -0.2) is 38.8 Å². The lowest BCUT2D eigenvalue weighted by molar-refractivity contribution is -0.274. The molecule has 0 bridgehead atoms. The van der Waals surface area contributed by atoms with Gasteiger partial charge < -0.3 is 19.5 Å². The SMILES string of the molecule is COC(=O)OC1CNCC(c2ccc(OC(F)(F)F)cc2)C1. The third-order valence-corrected chi connectivity index (χ3v) is 3.32. The predicted octanol–water partition coefficient (Wildman–Crippen LogP) is 2.81. The van der Waals surface area contributed by atoms with Crippen LogP contribution in [0.4, 0.5) is 18.0 Å². The quantitative estimate of drug-likeness (QED) is 0.868. The van der Waals surface area contributed by atoms with Crippen LogP contribution in [0.5, 0.6) is 5.75 Å². The summed E-state index contributed by atoms with van der Waals surface area (Å²) in [6.07, 6.45) is -5.21. The summed E-state index contributed by atoms with van der Waals surface area (Å²) in [5.74, 6) is -0.231. The molecular weight excluding hydrogens is 303 g/mol. The Balaban J connectivity index is 1.97. The molecule has 1 aliphatic heterocycles. The van der Waals surface area contributed by atoms with Crippen molar-refractivity contribution >= 4 is 6.16 Å². The van der Waals surface area contributed by atoms with Gasteiger partial charge >= 0.3 is 12.5 Å². The first kappa shape index (κ1) is 16.4. The van der Waals surface area contributed by atoms with Crippen LogP contribution >= 0.6 is 0 Å². The van der Waals surface area contributed by atoms with Gasteiger partial charge in [-0.15, -0.1) is 13.2 Å². The summed E-state index contributed by atoms with van der Waals surface area (Å²) in [4.78, 5) is 11.1. The Hall–Kier alpha value is -1.96. The van der Waals surface area contributed by atoms with Crippen LogP contribution < -0.4 is 10.1 Å². The summed E-state index contributed by atoms with van der Waals surface area (Å²) in [6.45, 7) is 1.17. The number of piperidine rings is 1. The maximum Gasteiger partial charge on any atom is 0.573 e. The third-order valence-electron chi connectivity index (χ3n) is 3.32. The zero-order valence-corrected chi connectivity index (χ0v) is 11.9. The van der Waals surface area contributed by atoms with E-state index in [1.165, 1.54) is 19.2 Å². The zero-order chi connectivity index (χ0) is 16.2. The number of ether oxygens (including phenoxy) is 3. The molecule has 22 heavy (non-hydrogen) atoms. The molecule has 5 nitrogen and oxygen atoms in total. The number of halogens is 3. The first-order chi connectivity index (χ1) is 10.4. The van der Waals surface area contributed by atoms with E-state index in [4.69, 9.17) is 4.74 Å². The van der Waals surface area contributed by atoms with Crippen molar-refractivity contribution in [1.29, 1.82) is 0 Å². The summed E-state index contributed by atoms with van der Waals surface area (Å²) in [7, 11) is 1.23. The monoisotopic (exact) mass is 319 g/mol. The average Bonchev–Trinajstić information content (AvgIpc) is 2.46. The first-order valence-corrected chi connectivity index (χ1v) is 6.68. The van der Waals surface area contributed by atoms with E-state index >= 15 is 0 Å². The Morgan fingerprint density at radius 1 is 1.23 bits per heavy atom. The second kappa shape index (κ2) is 6.87. The molecule has 1 aromatic rings. The van der Waals surface area contributed by atoms with E-state index in [0.29, 0.717) is 19.5 Å². The third kappa shape index (κ3) is 4.80. The topological polar surface area (TPSA) is 56.8 Å². The number of carbonyl (C=O) groups is 1. The summed E-state index contributed by atoms with van der Waals surface area (Å²) in [5.41, 5.74) is 0.847. The Labute approximate surface area is 125 Å². The largest absolute Gasteiger partial charge is 0.573 e. The van der Waals surface area contributed by atoms with Gasteiger partial charge in [0.15, 0.2) is 0 Å². The van der Waals surface area contributed by atoms with Crippen molar-refractivity contribution in [2.24, 2.45) is 0 Å². The van der Waals surface area contributed by atoms with Gasteiger partial charge in [-0.05, 0) is 30.0 Å². The molecular formula is C14H16F3NO4. The number of methoxy groups -OCH3 is 1. The van der Waals surface area contributed by atoms with Crippen molar-refractivity contribution in [2.45, 2.75) is 24.8 Å². The minimum absolute atomic E-state index is 0.0309. The predicted molar refractivity (Wildman–Crippen MR) is 70.6 cm³/mol. The molecule has 8 heteroatoms. The lowest BCUT2D eigenvalue weighted by Crippen LogP contribution is -2.40. The maximum absolute atomic E-state index is 12.1. The number of nitrogens with one attached hydrogen (secondary N) is 1. The highest BCUT2D eigenvalue weighted by atomic mass is 19.4. The Morgan fingerprint density at radius 2 is 1.91 bits per heavy atom. The minimum Gasteiger partial charge on any atom is -0.438 e. The van der Waals surface area contributed by atoms with E-state index in [0.717, 1.165) is 5.56 Å². The molecule has 2 unspecified atom stereocenters. The van der Waals surface area contributed by atoms with Crippen LogP contribution in [0, 0.1) is 0 Å². The molecule has 0 aliphatic carbocycles. The number of benzene rings is 1. The summed E-state index contributed by atoms with van der Waals surface area (Å²) in [6, 6.07) is 5.70. The zero-order valence-electron chi connectivity index (χ0n) is 11.9. The van der Waals surface area contributed by atoms with Gasteiger partial charge in [-0.1, -0.05) is 12.1 Å². The van der Waals surface area contributed by atoms with E-state index < -0.39 is 12.5 Å². The fourth-order valence-corrected chi connectivity index (χ4v) is 2.37. The molecule has 0 aromatic heterocycles. The molecule has 1 heterocycles. The van der Waals surface area contributed by atoms with Gasteiger partial charge in [0.1, 0.15) is 11.9 Å². The van der Waals surface area contributed by atoms with Crippen LogP contribution in [0.3, 0.4) is 0 Å². The van der Waals surface area contributed by atoms with Crippen LogP contribution in [0.1, 0.15) is 17.9 Å². The molecule has 2 rings (SSSR count). The molecule has 1 aliphatic rings. The van der Waals surface area contributed by atoms with E-state index in [2.05, 4.69) is 14.8 Å². The van der Waals surface area contributed by atoms with Crippen LogP contribution in [-0.2, 0) is 9.47 Å². The minimum atomic E-state index is -4.70. The Morgan fingerprint density at radius 3 is 2.50 bits per heavy atom. The van der Waals surface area contributed by atoms with Gasteiger partial charge in [0.25, 0.3) is 0 Å². The van der Waals surface area contributed by atoms with Crippen molar-refractivity contribution in [3.8, 4) is 5.75 Å². The van der Waals surface area contributed by atoms with E-state index in [1.54, 1.807) is 12.1 Å². The number of hydrogen-bond acceptors (Lipinski definition) is 5. The molecule has 2 atom stereocenters. The second-order valence-corrected chi connectivity index (χ2v) is 4.90. The fourth-order valence-electron chi connectivity index (χ4n) is 2.37. The molecule has 1 saturated heterocycles. The summed E-state index contributed by atoms with van der Waals surface area (Å²) < 4.78 is 49.7. The van der Waals surface area contributed by atoms with E-state index in [-0.39, 0.29) is 17.8 Å². The standard InChI is InChI=1S/C14H16F3NO4/c1-20-13(19)21-12-6-10(7-18-8-12)9-2-4-11(5-3-9)22-14(15,16)17/h2-5,10,12,18H,6-8H2,1H3. The first-order valence-electron chi connectivity index (χ1n) is 6.68. The molecule has 0 saturated carbocycles. The van der Waals surface area contributed by atoms with Gasteiger partial charge in [0, 0.05) is 13.1 Å². The molecule has 122 valence electrons. The van der Waals surface area contributed by atoms with Gasteiger partial charge in [0.05, 0.1) is 7.11 Å². The molecule has 0 amide bonds. The van der Waals surface area contributed by atoms with Crippen molar-refractivity contribution in [2.75, 3.05) is 20.2 Å². The number of hydrogen-bond donors (Lipinski definition) is 1. The van der Waals surface area contributed by atoms with Gasteiger partial charge in [-0.3, -0.25) is 0 Å². The molecule has 1 N–H and O–H groups in total. The molecule has 1 aromatic carbocycles. The fraction of sp³-hybridized carbons (Fsp3) is 0.500. The van der Waals surface area contributed by atoms with Crippen LogP contribution in [0.15, 0.2) is 24.3 Å². The lowest BCUT2D eigenvalue weighted by atomic mass is 9.90. The smallest absolute Gasteiger partial charge is 0.438 e. The van der Waals surface area contributed by atoms with Gasteiger partial charge in [0.2, 0.25) is 0 Å². The number of alkyl halides is 3. The van der Waals surface area contributed by atoms with Crippen molar-refractivity contribution in [1.82, 2.24) is 5.32 Å². The molecule has 0 spiro atoms. The second-order valence-electron chi connectivity index (χ2n) is 4.90. The highest BCUT2D eigenvalue weighted by Crippen LogP contribution is 2.28. The van der Waals surface area contributed by atoms with Crippen molar-refractivity contribution in [3.05, 3.63) is 29.8 Å². The maximum atomic E-state index is 12.1. The summed E-state index contributed by atoms with van der Waals surface area (Å²) in [5, 5.41) is 3.12. The van der Waals surface area contributed by atoms with Crippen molar-refractivity contribution in [3.63, 3.8) is 0 Å². The van der Waals surface area contributed by atoms with Gasteiger partial charge in [-0.2, -0.15) is 0 Å². The van der Waals surface area contributed by atoms with Crippen LogP contribution in [0.25, 0.3) is 0 Å². The summed E-state index contributed by atoms with van der Waals surface area (Å²) >= 11 is 0. The van der Waals surface area contributed by atoms with E-state index in [1.807, 2.05) is 0 Å². The lowest BCUT2D eigenvalue weighted by Gasteiger charge is -2.29. The highest BCUT2D eigenvalue weighted by Gasteiger charge is 2.31. The normalized spacial score (nSPS) is 22.0. The van der Waals surface area contributed by atoms with Crippen LogP contribution in [0.2, 0.25) is 0 Å². The Bertz CT molecular complexity index is 504. The van der Waals surface area contributed by atoms with Crippen molar-refractivity contribution < 1.29 is 32.2 Å². The number of carbonyl (C=O) groups excluding carboxylic acids is 1. The molecule has 1 fully saturated rings. The Kier molecular flexibility index (Phi) is 5.12. The van der Waals surface area contributed by atoms with Gasteiger partial charge in [-0.25, -0.2) is 4.79 Å². The average molecular weight is 319 g/mol. The highest BCUT2D eigenvalue weighted by molar-refractivity contribution is 5.59. The van der Waals surface area contributed by atoms with E-state index in [9.17, 15) is 18.0 Å². The number of rotatable bonds is 3. The molecule has 0 radical (unpaired) electrons.